The molecule has 0 saturated carbocycles. The van der Waals surface area contributed by atoms with E-state index in [-0.39, 0.29) is 29.9 Å². The van der Waals surface area contributed by atoms with Gasteiger partial charge in [-0.15, -0.1) is 24.0 Å². The number of carbonyl (C=O) groups is 1. The average molecular weight is 518 g/mol. The van der Waals surface area contributed by atoms with Crippen molar-refractivity contribution in [1.82, 2.24) is 10.2 Å². The third kappa shape index (κ3) is 9.66. The van der Waals surface area contributed by atoms with E-state index in [2.05, 4.69) is 23.2 Å². The van der Waals surface area contributed by atoms with Gasteiger partial charge in [0.15, 0.2) is 5.96 Å². The number of primary amides is 1. The first-order valence-corrected chi connectivity index (χ1v) is 10.1. The maximum absolute atomic E-state index is 11.3. The zero-order valence-electron chi connectivity index (χ0n) is 17.6. The van der Waals surface area contributed by atoms with Crippen LogP contribution in [-0.2, 0) is 16.1 Å². The largest absolute Gasteiger partial charge is 0.493 e. The van der Waals surface area contributed by atoms with Crippen LogP contribution in [0.2, 0.25) is 0 Å². The van der Waals surface area contributed by atoms with Crippen LogP contribution in [0, 0.1) is 5.92 Å². The molecule has 1 fully saturated rings. The maximum Gasteiger partial charge on any atom is 0.217 e. The van der Waals surface area contributed by atoms with Gasteiger partial charge in [0.1, 0.15) is 5.75 Å². The van der Waals surface area contributed by atoms with Crippen molar-refractivity contribution in [3.05, 3.63) is 29.8 Å². The van der Waals surface area contributed by atoms with Crippen molar-refractivity contribution in [1.29, 1.82) is 0 Å². The molecule has 1 unspecified atom stereocenters. The number of hydrogen-bond donors (Lipinski definition) is 2. The Kier molecular flexibility index (Phi) is 12.7. The summed E-state index contributed by atoms with van der Waals surface area (Å²) in [6.45, 7) is 6.55. The molecule has 1 saturated heterocycles. The molecule has 2 rings (SSSR count). The SMILES string of the molecule is CCNC(=NCc1cccc(OCCCOC)c1)N1CCCC(CC(N)=O)C1.I. The molecule has 7 nitrogen and oxygen atoms in total. The molecule has 1 aromatic rings. The molecule has 3 N–H and O–H groups in total. The molecule has 1 aromatic carbocycles. The number of piperidine rings is 1. The summed E-state index contributed by atoms with van der Waals surface area (Å²) >= 11 is 0. The average Bonchev–Trinajstić information content (AvgIpc) is 2.68. The fourth-order valence-corrected chi connectivity index (χ4v) is 3.43. The fourth-order valence-electron chi connectivity index (χ4n) is 3.43. The number of nitrogens with one attached hydrogen (secondary N) is 1. The highest BCUT2D eigenvalue weighted by atomic mass is 127. The normalized spacial score (nSPS) is 16.8. The second kappa shape index (κ2) is 14.4. The van der Waals surface area contributed by atoms with Crippen LogP contribution < -0.4 is 15.8 Å². The van der Waals surface area contributed by atoms with Crippen molar-refractivity contribution < 1.29 is 14.3 Å². The smallest absolute Gasteiger partial charge is 0.217 e. The lowest BCUT2D eigenvalue weighted by atomic mass is 9.95. The van der Waals surface area contributed by atoms with Crippen molar-refractivity contribution in [3.63, 3.8) is 0 Å². The van der Waals surface area contributed by atoms with Gasteiger partial charge < -0.3 is 25.4 Å². The minimum absolute atomic E-state index is 0. The molecule has 1 amide bonds. The molecule has 0 bridgehead atoms. The number of halogens is 1. The van der Waals surface area contributed by atoms with E-state index in [1.807, 2.05) is 18.2 Å². The fraction of sp³-hybridized carbons (Fsp3) is 0.619. The maximum atomic E-state index is 11.3. The van der Waals surface area contributed by atoms with Crippen LogP contribution in [0.4, 0.5) is 0 Å². The summed E-state index contributed by atoms with van der Waals surface area (Å²) in [6, 6.07) is 8.05. The Balaban J connectivity index is 0.00000420. The van der Waals surface area contributed by atoms with E-state index < -0.39 is 0 Å². The van der Waals surface area contributed by atoms with E-state index in [1.54, 1.807) is 7.11 Å². The van der Waals surface area contributed by atoms with Gasteiger partial charge >= 0.3 is 0 Å². The quantitative estimate of drug-likeness (QED) is 0.215. The van der Waals surface area contributed by atoms with Gasteiger partial charge in [0.2, 0.25) is 5.91 Å². The van der Waals surface area contributed by atoms with Crippen LogP contribution in [0.25, 0.3) is 0 Å². The third-order valence-electron chi connectivity index (χ3n) is 4.71. The molecule has 1 atom stereocenters. The first-order valence-electron chi connectivity index (χ1n) is 10.1. The van der Waals surface area contributed by atoms with Gasteiger partial charge in [-0.25, -0.2) is 4.99 Å². The standard InChI is InChI=1S/C21H34N4O3.HI/c1-3-23-21(25-10-5-8-18(16-25)14-20(22)26)24-15-17-7-4-9-19(13-17)28-12-6-11-27-2;/h4,7,9,13,18H,3,5-6,8,10-12,14-16H2,1-2H3,(H2,22,26)(H,23,24);1H. The monoisotopic (exact) mass is 518 g/mol. The number of benzene rings is 1. The highest BCUT2D eigenvalue weighted by Gasteiger charge is 2.23. The minimum atomic E-state index is -0.226. The number of rotatable bonds is 10. The molecule has 0 spiro atoms. The summed E-state index contributed by atoms with van der Waals surface area (Å²) in [5.41, 5.74) is 6.48. The van der Waals surface area contributed by atoms with Crippen molar-refractivity contribution >= 4 is 35.8 Å². The molecule has 164 valence electrons. The number of hydrogen-bond acceptors (Lipinski definition) is 4. The Hall–Kier alpha value is -1.55. The molecule has 0 aliphatic carbocycles. The van der Waals surface area contributed by atoms with Crippen LogP contribution in [0.5, 0.6) is 5.75 Å². The Morgan fingerprint density at radius 2 is 2.21 bits per heavy atom. The number of likely N-dealkylation sites (tertiary alicyclic amines) is 1. The van der Waals surface area contributed by atoms with Crippen molar-refractivity contribution in [2.75, 3.05) is 40.0 Å². The Morgan fingerprint density at radius 1 is 1.38 bits per heavy atom. The molecule has 0 aromatic heterocycles. The zero-order chi connectivity index (χ0) is 20.2. The predicted molar refractivity (Wildman–Crippen MR) is 127 cm³/mol. The van der Waals surface area contributed by atoms with E-state index in [9.17, 15) is 4.79 Å². The number of amides is 1. The second-order valence-corrected chi connectivity index (χ2v) is 7.14. The first kappa shape index (κ1) is 25.5. The van der Waals surface area contributed by atoms with Gasteiger partial charge in [-0.2, -0.15) is 0 Å². The summed E-state index contributed by atoms with van der Waals surface area (Å²) in [7, 11) is 1.69. The number of methoxy groups -OCH3 is 1. The molecule has 0 radical (unpaired) electrons. The first-order chi connectivity index (χ1) is 13.6. The summed E-state index contributed by atoms with van der Waals surface area (Å²) < 4.78 is 10.8. The van der Waals surface area contributed by atoms with Crippen molar-refractivity contribution in [2.24, 2.45) is 16.6 Å². The molecular formula is C21H35IN4O3. The lowest BCUT2D eigenvalue weighted by Crippen LogP contribution is -2.47. The summed E-state index contributed by atoms with van der Waals surface area (Å²) in [6.07, 6.45) is 3.40. The minimum Gasteiger partial charge on any atom is -0.493 e. The summed E-state index contributed by atoms with van der Waals surface area (Å²) in [5, 5.41) is 3.37. The second-order valence-electron chi connectivity index (χ2n) is 7.14. The number of ether oxygens (including phenoxy) is 2. The Bertz CT molecular complexity index is 642. The Morgan fingerprint density at radius 3 is 2.93 bits per heavy atom. The van der Waals surface area contributed by atoms with Gasteiger partial charge in [-0.05, 0) is 43.4 Å². The van der Waals surface area contributed by atoms with Crippen LogP contribution in [-0.4, -0.2) is 56.7 Å². The number of guanidine groups is 1. The topological polar surface area (TPSA) is 89.2 Å². The lowest BCUT2D eigenvalue weighted by molar-refractivity contribution is -0.119. The van der Waals surface area contributed by atoms with Crippen LogP contribution in [0.15, 0.2) is 29.3 Å². The van der Waals surface area contributed by atoms with Gasteiger partial charge in [-0.3, -0.25) is 4.79 Å². The molecule has 1 aliphatic rings. The highest BCUT2D eigenvalue weighted by Crippen LogP contribution is 2.20. The van der Waals surface area contributed by atoms with Gasteiger partial charge in [0.05, 0.1) is 13.2 Å². The van der Waals surface area contributed by atoms with Crippen LogP contribution in [0.3, 0.4) is 0 Å². The number of aliphatic imine (C=N–C) groups is 1. The highest BCUT2D eigenvalue weighted by molar-refractivity contribution is 14.0. The van der Waals surface area contributed by atoms with Gasteiger partial charge in [-0.1, -0.05) is 12.1 Å². The molecular weight excluding hydrogens is 483 g/mol. The zero-order valence-corrected chi connectivity index (χ0v) is 19.9. The molecule has 1 heterocycles. The Labute approximate surface area is 191 Å². The molecule has 29 heavy (non-hydrogen) atoms. The number of nitrogens with zero attached hydrogens (tertiary/aromatic N) is 2. The molecule has 8 heteroatoms. The number of nitrogens with two attached hydrogens (primary N) is 1. The van der Waals surface area contributed by atoms with Crippen LogP contribution >= 0.6 is 24.0 Å². The van der Waals surface area contributed by atoms with Crippen LogP contribution in [0.1, 0.15) is 38.2 Å². The third-order valence-corrected chi connectivity index (χ3v) is 4.71. The molecule has 1 aliphatic heterocycles. The number of carbonyl (C=O) groups excluding carboxylic acids is 1. The summed E-state index contributed by atoms with van der Waals surface area (Å²) in [5.74, 6) is 1.83. The van der Waals surface area contributed by atoms with Crippen molar-refractivity contribution in [3.8, 4) is 5.75 Å². The predicted octanol–water partition coefficient (Wildman–Crippen LogP) is 2.77. The van der Waals surface area contributed by atoms with Gasteiger partial charge in [0, 0.05) is 46.2 Å². The van der Waals surface area contributed by atoms with Gasteiger partial charge in [0.25, 0.3) is 0 Å². The van der Waals surface area contributed by atoms with Crippen molar-refractivity contribution in [2.45, 2.75) is 39.2 Å². The van der Waals surface area contributed by atoms with E-state index in [0.29, 0.717) is 32.1 Å². The van der Waals surface area contributed by atoms with E-state index in [0.717, 1.165) is 56.2 Å². The lowest BCUT2D eigenvalue weighted by Gasteiger charge is -2.34. The summed E-state index contributed by atoms with van der Waals surface area (Å²) in [4.78, 5) is 18.3. The van der Waals surface area contributed by atoms with E-state index >= 15 is 0 Å². The van der Waals surface area contributed by atoms with E-state index in [1.165, 1.54) is 0 Å². The van der Waals surface area contributed by atoms with E-state index in [4.69, 9.17) is 20.2 Å².